The Morgan fingerprint density at radius 3 is 2.45 bits per heavy atom. The maximum absolute atomic E-state index is 4.88. The van der Waals surface area contributed by atoms with E-state index in [2.05, 4.69) is 62.5 Å². The lowest BCUT2D eigenvalue weighted by atomic mass is 10.1. The number of pyridine rings is 1. The zero-order valence-electron chi connectivity index (χ0n) is 17.9. The third kappa shape index (κ3) is 6.19. The number of piperazine rings is 1. The number of hydrogen-bond acceptors (Lipinski definition) is 4. The fourth-order valence-electron chi connectivity index (χ4n) is 3.64. The van der Waals surface area contributed by atoms with Gasteiger partial charge in [-0.2, -0.15) is 5.10 Å². The van der Waals surface area contributed by atoms with Crippen LogP contribution in [-0.4, -0.2) is 64.9 Å². The van der Waals surface area contributed by atoms with E-state index in [4.69, 9.17) is 4.99 Å². The summed E-state index contributed by atoms with van der Waals surface area (Å²) in [5.41, 5.74) is 2.36. The second-order valence-corrected chi connectivity index (χ2v) is 7.26. The minimum absolute atomic E-state index is 0. The Labute approximate surface area is 201 Å². The summed E-state index contributed by atoms with van der Waals surface area (Å²) in [7, 11) is 0. The van der Waals surface area contributed by atoms with Crippen molar-refractivity contribution in [3.05, 3.63) is 72.7 Å². The van der Waals surface area contributed by atoms with Crippen molar-refractivity contribution >= 4 is 35.8 Å². The van der Waals surface area contributed by atoms with Gasteiger partial charge in [-0.1, -0.05) is 18.2 Å². The summed E-state index contributed by atoms with van der Waals surface area (Å²) in [5, 5.41) is 7.72. The number of anilines is 1. The molecule has 1 aliphatic heterocycles. The molecule has 8 heteroatoms. The lowest BCUT2D eigenvalue weighted by Crippen LogP contribution is -2.52. The van der Waals surface area contributed by atoms with Crippen LogP contribution in [0.15, 0.2) is 72.1 Å². The number of aliphatic imine (C=N–C) groups is 1. The third-order valence-electron chi connectivity index (χ3n) is 5.25. The third-order valence-corrected chi connectivity index (χ3v) is 5.25. The summed E-state index contributed by atoms with van der Waals surface area (Å²) in [6, 6.07) is 16.5. The first-order chi connectivity index (χ1) is 14.8. The lowest BCUT2D eigenvalue weighted by molar-refractivity contribution is 0.371. The van der Waals surface area contributed by atoms with Gasteiger partial charge < -0.3 is 15.1 Å². The standard InChI is InChI=1S/C23H29N7.HI/c1-2-24-23(29-18-16-28(17-19-29)22-6-3-4-12-25-22)26-14-11-20-7-9-21(10-8-20)30-15-5-13-27-30;/h3-10,12-13,15H,2,11,14,16-19H2,1H3,(H,24,26);1H. The van der Waals surface area contributed by atoms with Crippen LogP contribution < -0.4 is 10.2 Å². The van der Waals surface area contributed by atoms with Crippen molar-refractivity contribution in [3.63, 3.8) is 0 Å². The van der Waals surface area contributed by atoms with Gasteiger partial charge in [0.15, 0.2) is 5.96 Å². The molecule has 0 spiro atoms. The van der Waals surface area contributed by atoms with Crippen LogP contribution in [0.4, 0.5) is 5.82 Å². The van der Waals surface area contributed by atoms with Crippen molar-refractivity contribution in [2.75, 3.05) is 44.2 Å². The Morgan fingerprint density at radius 2 is 1.81 bits per heavy atom. The summed E-state index contributed by atoms with van der Waals surface area (Å²) >= 11 is 0. The van der Waals surface area contributed by atoms with Crippen molar-refractivity contribution in [2.24, 2.45) is 4.99 Å². The molecular weight excluding hydrogens is 501 g/mol. The van der Waals surface area contributed by atoms with E-state index in [0.29, 0.717) is 0 Å². The zero-order valence-corrected chi connectivity index (χ0v) is 20.2. The minimum Gasteiger partial charge on any atom is -0.357 e. The van der Waals surface area contributed by atoms with Gasteiger partial charge in [-0.3, -0.25) is 4.99 Å². The van der Waals surface area contributed by atoms with Crippen molar-refractivity contribution < 1.29 is 0 Å². The summed E-state index contributed by atoms with van der Waals surface area (Å²) in [5.74, 6) is 2.06. The number of nitrogens with one attached hydrogen (secondary N) is 1. The van der Waals surface area contributed by atoms with E-state index < -0.39 is 0 Å². The zero-order chi connectivity index (χ0) is 20.6. The maximum atomic E-state index is 4.88. The monoisotopic (exact) mass is 531 g/mol. The van der Waals surface area contributed by atoms with Gasteiger partial charge in [-0.05, 0) is 49.2 Å². The van der Waals surface area contributed by atoms with Crippen molar-refractivity contribution in [2.45, 2.75) is 13.3 Å². The van der Waals surface area contributed by atoms with Gasteiger partial charge in [0.2, 0.25) is 0 Å². The first kappa shape index (κ1) is 23.1. The molecule has 1 aromatic carbocycles. The molecule has 4 rings (SSSR count). The largest absolute Gasteiger partial charge is 0.357 e. The number of nitrogens with zero attached hydrogens (tertiary/aromatic N) is 6. The second-order valence-electron chi connectivity index (χ2n) is 7.26. The molecule has 7 nitrogen and oxygen atoms in total. The smallest absolute Gasteiger partial charge is 0.194 e. The highest BCUT2D eigenvalue weighted by molar-refractivity contribution is 14.0. The highest BCUT2D eigenvalue weighted by atomic mass is 127. The molecule has 0 amide bonds. The van der Waals surface area contributed by atoms with Crippen LogP contribution in [0.2, 0.25) is 0 Å². The van der Waals surface area contributed by atoms with Crippen LogP contribution in [0.5, 0.6) is 0 Å². The molecule has 0 saturated carbocycles. The van der Waals surface area contributed by atoms with Crippen molar-refractivity contribution in [1.29, 1.82) is 0 Å². The maximum Gasteiger partial charge on any atom is 0.194 e. The predicted molar refractivity (Wildman–Crippen MR) is 137 cm³/mol. The molecule has 0 radical (unpaired) electrons. The SMILES string of the molecule is CCNC(=NCCc1ccc(-n2cccn2)cc1)N1CCN(c2ccccn2)CC1.I. The van der Waals surface area contributed by atoms with Gasteiger partial charge in [-0.25, -0.2) is 9.67 Å². The van der Waals surface area contributed by atoms with E-state index >= 15 is 0 Å². The van der Waals surface area contributed by atoms with Gasteiger partial charge in [0.1, 0.15) is 5.82 Å². The number of guanidine groups is 1. The van der Waals surface area contributed by atoms with Gasteiger partial charge >= 0.3 is 0 Å². The Morgan fingerprint density at radius 1 is 1.00 bits per heavy atom. The molecule has 1 fully saturated rings. The van der Waals surface area contributed by atoms with Crippen LogP contribution in [0, 0.1) is 0 Å². The molecule has 3 heterocycles. The van der Waals surface area contributed by atoms with Crippen molar-refractivity contribution in [3.8, 4) is 5.69 Å². The van der Waals surface area contributed by atoms with E-state index in [-0.39, 0.29) is 24.0 Å². The van der Waals surface area contributed by atoms with Crippen LogP contribution in [0.3, 0.4) is 0 Å². The highest BCUT2D eigenvalue weighted by Gasteiger charge is 2.20. The molecule has 1 saturated heterocycles. The molecule has 2 aromatic heterocycles. The molecule has 0 unspecified atom stereocenters. The Balaban J connectivity index is 0.00000272. The normalized spacial score (nSPS) is 14.3. The van der Waals surface area contributed by atoms with E-state index in [9.17, 15) is 0 Å². The number of hydrogen-bond donors (Lipinski definition) is 1. The van der Waals surface area contributed by atoms with Gasteiger partial charge in [-0.15, -0.1) is 24.0 Å². The summed E-state index contributed by atoms with van der Waals surface area (Å²) in [6.07, 6.45) is 6.52. The van der Waals surface area contributed by atoms with Crippen molar-refractivity contribution in [1.82, 2.24) is 25.0 Å². The molecule has 1 aliphatic rings. The predicted octanol–water partition coefficient (Wildman–Crippen LogP) is 3.22. The van der Waals surface area contributed by atoms with Crippen LogP contribution in [-0.2, 0) is 6.42 Å². The number of benzene rings is 1. The van der Waals surface area contributed by atoms with Gasteiger partial charge in [0, 0.05) is 57.9 Å². The fourth-order valence-corrected chi connectivity index (χ4v) is 3.64. The van der Waals surface area contributed by atoms with Crippen LogP contribution >= 0.6 is 24.0 Å². The number of aromatic nitrogens is 3. The second kappa shape index (κ2) is 11.7. The lowest BCUT2D eigenvalue weighted by Gasteiger charge is -2.37. The van der Waals surface area contributed by atoms with E-state index in [1.807, 2.05) is 35.3 Å². The molecule has 31 heavy (non-hydrogen) atoms. The molecular formula is C23H30IN7. The quantitative estimate of drug-likeness (QED) is 0.301. The molecule has 0 bridgehead atoms. The molecule has 0 aliphatic carbocycles. The summed E-state index contributed by atoms with van der Waals surface area (Å²) in [4.78, 5) is 14.0. The summed E-state index contributed by atoms with van der Waals surface area (Å²) < 4.78 is 1.87. The number of rotatable bonds is 6. The Kier molecular flexibility index (Phi) is 8.69. The average molecular weight is 531 g/mol. The van der Waals surface area contributed by atoms with E-state index in [1.165, 1.54) is 5.56 Å². The van der Waals surface area contributed by atoms with E-state index in [1.54, 1.807) is 6.20 Å². The molecule has 0 atom stereocenters. The average Bonchev–Trinajstić information content (AvgIpc) is 3.35. The van der Waals surface area contributed by atoms with E-state index in [0.717, 1.165) is 63.2 Å². The first-order valence-corrected chi connectivity index (χ1v) is 10.6. The molecule has 1 N–H and O–H groups in total. The Hall–Kier alpha value is -2.62. The van der Waals surface area contributed by atoms with Gasteiger partial charge in [0.25, 0.3) is 0 Å². The molecule has 3 aromatic rings. The number of halogens is 1. The Bertz CT molecular complexity index is 918. The minimum atomic E-state index is 0. The van der Waals surface area contributed by atoms with Crippen LogP contribution in [0.25, 0.3) is 5.69 Å². The topological polar surface area (TPSA) is 61.6 Å². The van der Waals surface area contributed by atoms with Crippen LogP contribution in [0.1, 0.15) is 12.5 Å². The fraction of sp³-hybridized carbons (Fsp3) is 0.348. The summed E-state index contributed by atoms with van der Waals surface area (Å²) in [6.45, 7) is 7.56. The molecule has 164 valence electrons. The highest BCUT2D eigenvalue weighted by Crippen LogP contribution is 2.13. The van der Waals surface area contributed by atoms with Gasteiger partial charge in [0.05, 0.1) is 5.69 Å². The first-order valence-electron chi connectivity index (χ1n) is 10.6.